The number of hydrogen-bond acceptors (Lipinski definition) is 6. The molecule has 0 atom stereocenters. The fourth-order valence-electron chi connectivity index (χ4n) is 2.00. The van der Waals surface area contributed by atoms with Gasteiger partial charge in [-0.2, -0.15) is 4.31 Å². The predicted molar refractivity (Wildman–Crippen MR) is 91.3 cm³/mol. The second-order valence-corrected chi connectivity index (χ2v) is 7.49. The maximum absolute atomic E-state index is 12.5. The molecule has 2 N–H and O–H groups in total. The van der Waals surface area contributed by atoms with E-state index in [0.717, 1.165) is 9.87 Å². The first-order chi connectivity index (χ1) is 11.8. The van der Waals surface area contributed by atoms with Crippen LogP contribution in [-0.4, -0.2) is 53.9 Å². The van der Waals surface area contributed by atoms with Crippen molar-refractivity contribution in [1.82, 2.24) is 19.6 Å². The van der Waals surface area contributed by atoms with Crippen LogP contribution in [0.15, 0.2) is 41.6 Å². The minimum atomic E-state index is -3.65. The fraction of sp³-hybridized carbons (Fsp3) is 0.312. The minimum absolute atomic E-state index is 0.0191. The normalized spacial score (nSPS) is 11.5. The molecule has 2 aromatic rings. The SMILES string of the molecule is Cc1ccc(S(=O)(=O)N(C)Cc2ncc(C(=O)NCCO)cn2)cc1. The molecule has 2 rings (SSSR count). The molecule has 0 aliphatic rings. The third-order valence-corrected chi connectivity index (χ3v) is 5.28. The first kappa shape index (κ1) is 19.0. The molecule has 134 valence electrons. The van der Waals surface area contributed by atoms with E-state index in [1.165, 1.54) is 19.4 Å². The summed E-state index contributed by atoms with van der Waals surface area (Å²) in [6.07, 6.45) is 2.64. The molecule has 1 aromatic carbocycles. The molecule has 0 aliphatic carbocycles. The van der Waals surface area contributed by atoms with Crippen molar-refractivity contribution >= 4 is 15.9 Å². The van der Waals surface area contributed by atoms with E-state index in [-0.39, 0.29) is 36.0 Å². The lowest BCUT2D eigenvalue weighted by atomic mass is 10.2. The molecule has 0 fully saturated rings. The Morgan fingerprint density at radius 2 is 1.80 bits per heavy atom. The van der Waals surface area contributed by atoms with E-state index < -0.39 is 15.9 Å². The minimum Gasteiger partial charge on any atom is -0.395 e. The molecule has 0 radical (unpaired) electrons. The highest BCUT2D eigenvalue weighted by atomic mass is 32.2. The Balaban J connectivity index is 2.08. The van der Waals surface area contributed by atoms with E-state index in [9.17, 15) is 13.2 Å². The summed E-state index contributed by atoms with van der Waals surface area (Å²) in [7, 11) is -2.20. The number of aliphatic hydroxyl groups excluding tert-OH is 1. The number of aryl methyl sites for hydroxylation is 1. The molecule has 0 saturated carbocycles. The third kappa shape index (κ3) is 4.81. The van der Waals surface area contributed by atoms with Crippen LogP contribution in [0.5, 0.6) is 0 Å². The van der Waals surface area contributed by atoms with Gasteiger partial charge in [0.2, 0.25) is 10.0 Å². The van der Waals surface area contributed by atoms with Gasteiger partial charge in [0, 0.05) is 26.0 Å². The molecule has 1 aromatic heterocycles. The van der Waals surface area contributed by atoms with Gasteiger partial charge in [0.15, 0.2) is 0 Å². The van der Waals surface area contributed by atoms with Crippen LogP contribution >= 0.6 is 0 Å². The summed E-state index contributed by atoms with van der Waals surface area (Å²) in [5, 5.41) is 11.2. The van der Waals surface area contributed by atoms with Crippen molar-refractivity contribution in [2.24, 2.45) is 0 Å². The molecule has 8 nitrogen and oxygen atoms in total. The molecule has 9 heteroatoms. The first-order valence-electron chi connectivity index (χ1n) is 7.57. The van der Waals surface area contributed by atoms with Crippen molar-refractivity contribution in [1.29, 1.82) is 0 Å². The molecule has 0 aliphatic heterocycles. The Kier molecular flexibility index (Phi) is 6.18. The molecule has 1 heterocycles. The van der Waals surface area contributed by atoms with Gasteiger partial charge < -0.3 is 10.4 Å². The Morgan fingerprint density at radius 3 is 2.36 bits per heavy atom. The van der Waals surface area contributed by atoms with Crippen LogP contribution < -0.4 is 5.32 Å². The second kappa shape index (κ2) is 8.15. The van der Waals surface area contributed by atoms with Crippen molar-refractivity contribution in [2.45, 2.75) is 18.4 Å². The van der Waals surface area contributed by atoms with Gasteiger partial charge in [-0.15, -0.1) is 0 Å². The number of amides is 1. The van der Waals surface area contributed by atoms with E-state index in [0.29, 0.717) is 0 Å². The lowest BCUT2D eigenvalue weighted by Gasteiger charge is -2.16. The number of carbonyl (C=O) groups excluding carboxylic acids is 1. The van der Waals surface area contributed by atoms with Crippen molar-refractivity contribution in [3.8, 4) is 0 Å². The number of aliphatic hydroxyl groups is 1. The van der Waals surface area contributed by atoms with Gasteiger partial charge in [0.1, 0.15) is 5.82 Å². The third-order valence-electron chi connectivity index (χ3n) is 3.46. The number of nitrogens with one attached hydrogen (secondary N) is 1. The number of benzene rings is 1. The maximum atomic E-state index is 12.5. The number of rotatable bonds is 7. The lowest BCUT2D eigenvalue weighted by molar-refractivity contribution is 0.0944. The molecular formula is C16H20N4O4S. The Morgan fingerprint density at radius 1 is 1.20 bits per heavy atom. The smallest absolute Gasteiger partial charge is 0.254 e. The summed E-state index contributed by atoms with van der Waals surface area (Å²) in [6.45, 7) is 1.84. The van der Waals surface area contributed by atoms with Gasteiger partial charge >= 0.3 is 0 Å². The van der Waals surface area contributed by atoms with Crippen LogP contribution in [0.2, 0.25) is 0 Å². The van der Waals surface area contributed by atoms with Gasteiger partial charge in [-0.3, -0.25) is 4.79 Å². The summed E-state index contributed by atoms with van der Waals surface area (Å²) < 4.78 is 26.2. The van der Waals surface area contributed by atoms with Crippen molar-refractivity contribution in [3.63, 3.8) is 0 Å². The van der Waals surface area contributed by atoms with Gasteiger partial charge in [-0.25, -0.2) is 18.4 Å². The van der Waals surface area contributed by atoms with Crippen LogP contribution in [0.4, 0.5) is 0 Å². The second-order valence-electron chi connectivity index (χ2n) is 5.44. The van der Waals surface area contributed by atoms with E-state index in [1.807, 2.05) is 6.92 Å². The number of hydrogen-bond donors (Lipinski definition) is 2. The van der Waals surface area contributed by atoms with Crippen molar-refractivity contribution in [2.75, 3.05) is 20.2 Å². The highest BCUT2D eigenvalue weighted by Gasteiger charge is 2.21. The lowest BCUT2D eigenvalue weighted by Crippen LogP contribution is -2.28. The number of carbonyl (C=O) groups is 1. The van der Waals surface area contributed by atoms with E-state index in [1.54, 1.807) is 24.3 Å². The average Bonchev–Trinajstić information content (AvgIpc) is 2.60. The van der Waals surface area contributed by atoms with Gasteiger partial charge in [-0.05, 0) is 19.1 Å². The van der Waals surface area contributed by atoms with Crippen molar-refractivity contribution < 1.29 is 18.3 Å². The number of aromatic nitrogens is 2. The summed E-state index contributed by atoms with van der Waals surface area (Å²) in [6, 6.07) is 6.57. The topological polar surface area (TPSA) is 112 Å². The quantitative estimate of drug-likeness (QED) is 0.732. The molecule has 0 bridgehead atoms. The Labute approximate surface area is 146 Å². The van der Waals surface area contributed by atoms with Crippen LogP contribution in [0.3, 0.4) is 0 Å². The zero-order valence-electron chi connectivity index (χ0n) is 14.0. The summed E-state index contributed by atoms with van der Waals surface area (Å²) >= 11 is 0. The Hall–Kier alpha value is -2.36. The zero-order valence-corrected chi connectivity index (χ0v) is 14.8. The molecule has 1 amide bonds. The zero-order chi connectivity index (χ0) is 18.4. The van der Waals surface area contributed by atoms with Crippen LogP contribution in [-0.2, 0) is 16.6 Å². The summed E-state index contributed by atoms with van der Waals surface area (Å²) in [5.74, 6) is -0.127. The average molecular weight is 364 g/mol. The number of sulfonamides is 1. The fourth-order valence-corrected chi connectivity index (χ4v) is 3.12. The molecule has 25 heavy (non-hydrogen) atoms. The molecule has 0 spiro atoms. The monoisotopic (exact) mass is 364 g/mol. The highest BCUT2D eigenvalue weighted by molar-refractivity contribution is 7.89. The van der Waals surface area contributed by atoms with E-state index >= 15 is 0 Å². The summed E-state index contributed by atoms with van der Waals surface area (Å²) in [5.41, 5.74) is 1.21. The Bertz CT molecular complexity index is 820. The largest absolute Gasteiger partial charge is 0.395 e. The van der Waals surface area contributed by atoms with Gasteiger partial charge in [0.25, 0.3) is 5.91 Å². The standard InChI is InChI=1S/C16H20N4O4S/c1-12-3-5-14(6-4-12)25(23,24)20(2)11-15-18-9-13(10-19-15)16(22)17-7-8-21/h3-6,9-10,21H,7-8,11H2,1-2H3,(H,17,22). The van der Waals surface area contributed by atoms with E-state index in [2.05, 4.69) is 15.3 Å². The predicted octanol–water partition coefficient (Wildman–Crippen LogP) is 0.328. The van der Waals surface area contributed by atoms with Gasteiger partial charge in [-0.1, -0.05) is 17.7 Å². The maximum Gasteiger partial charge on any atom is 0.254 e. The molecular weight excluding hydrogens is 344 g/mol. The molecule has 0 saturated heterocycles. The van der Waals surface area contributed by atoms with Crippen LogP contribution in [0, 0.1) is 6.92 Å². The van der Waals surface area contributed by atoms with Gasteiger partial charge in [0.05, 0.1) is 23.6 Å². The first-order valence-corrected chi connectivity index (χ1v) is 9.01. The van der Waals surface area contributed by atoms with Crippen LogP contribution in [0.1, 0.15) is 21.7 Å². The van der Waals surface area contributed by atoms with Crippen molar-refractivity contribution in [3.05, 3.63) is 53.6 Å². The molecule has 0 unspecified atom stereocenters. The van der Waals surface area contributed by atoms with Crippen LogP contribution in [0.25, 0.3) is 0 Å². The van der Waals surface area contributed by atoms with E-state index in [4.69, 9.17) is 5.11 Å². The summed E-state index contributed by atoms with van der Waals surface area (Å²) in [4.78, 5) is 20.0. The highest BCUT2D eigenvalue weighted by Crippen LogP contribution is 2.16. The number of nitrogens with zero attached hydrogens (tertiary/aromatic N) is 3.